The van der Waals surface area contributed by atoms with Gasteiger partial charge in [-0.3, -0.25) is 9.59 Å². The summed E-state index contributed by atoms with van der Waals surface area (Å²) in [5.74, 6) is -0.728. The number of para-hydroxylation sites is 1. The predicted octanol–water partition coefficient (Wildman–Crippen LogP) is 3.82. The maximum Gasteiger partial charge on any atom is 0.271 e. The van der Waals surface area contributed by atoms with Crippen molar-refractivity contribution < 1.29 is 13.9 Å². The Bertz CT molecular complexity index is 1040. The van der Waals surface area contributed by atoms with E-state index in [9.17, 15) is 14.0 Å². The second-order valence-electron chi connectivity index (χ2n) is 5.88. The van der Waals surface area contributed by atoms with Gasteiger partial charge in [-0.25, -0.2) is 4.39 Å². The third-order valence-corrected chi connectivity index (χ3v) is 4.23. The lowest BCUT2D eigenvalue weighted by Crippen LogP contribution is -2.33. The van der Waals surface area contributed by atoms with E-state index in [4.69, 9.17) is 16.3 Å². The van der Waals surface area contributed by atoms with Crippen LogP contribution in [0.1, 0.15) is 13.3 Å². The number of rotatable bonds is 6. The van der Waals surface area contributed by atoms with Crippen LogP contribution < -0.4 is 15.6 Å². The number of ether oxygens (including phenoxy) is 1. The molecule has 144 valence electrons. The Balaban J connectivity index is 1.80. The van der Waals surface area contributed by atoms with Crippen molar-refractivity contribution in [3.63, 3.8) is 0 Å². The number of aromatic nitrogens is 2. The minimum Gasteiger partial charge on any atom is -0.463 e. The van der Waals surface area contributed by atoms with Gasteiger partial charge in [0.15, 0.2) is 6.10 Å². The van der Waals surface area contributed by atoms with Crippen molar-refractivity contribution in [2.75, 3.05) is 5.32 Å². The molecule has 8 heteroatoms. The molecule has 0 spiro atoms. The zero-order valence-electron chi connectivity index (χ0n) is 14.9. The van der Waals surface area contributed by atoms with Crippen molar-refractivity contribution in [1.29, 1.82) is 0 Å². The van der Waals surface area contributed by atoms with Crippen LogP contribution in [0, 0.1) is 5.82 Å². The highest BCUT2D eigenvalue weighted by Gasteiger charge is 2.20. The molecule has 0 saturated carbocycles. The van der Waals surface area contributed by atoms with Crippen LogP contribution in [0.2, 0.25) is 5.02 Å². The van der Waals surface area contributed by atoms with Crippen molar-refractivity contribution in [3.8, 4) is 11.6 Å². The highest BCUT2D eigenvalue weighted by Crippen LogP contribution is 2.21. The van der Waals surface area contributed by atoms with Crippen LogP contribution in [-0.4, -0.2) is 21.8 Å². The molecule has 28 heavy (non-hydrogen) atoms. The standard InChI is InChI=1S/C20H17ClFN3O3/c1-2-17(20(27)23-16-6-4-3-5-15(16)21)28-18-11-12-19(26)25(24-18)14-9-7-13(22)8-10-14/h3-12,17H,2H2,1H3,(H,23,27)/t17-/m1/s1. The molecule has 3 rings (SSSR count). The van der Waals surface area contributed by atoms with Crippen molar-refractivity contribution >= 4 is 23.2 Å². The summed E-state index contributed by atoms with van der Waals surface area (Å²) in [6.45, 7) is 1.78. The first-order valence-electron chi connectivity index (χ1n) is 8.56. The van der Waals surface area contributed by atoms with Gasteiger partial charge < -0.3 is 10.1 Å². The monoisotopic (exact) mass is 401 g/mol. The van der Waals surface area contributed by atoms with Gasteiger partial charge in [0.25, 0.3) is 11.5 Å². The number of nitrogens with zero attached hydrogens (tertiary/aromatic N) is 2. The summed E-state index contributed by atoms with van der Waals surface area (Å²) < 4.78 is 19.9. The number of anilines is 1. The minimum atomic E-state index is -0.844. The maximum absolute atomic E-state index is 13.1. The summed E-state index contributed by atoms with van der Waals surface area (Å²) in [4.78, 5) is 24.6. The molecule has 0 unspecified atom stereocenters. The number of hydrogen-bond acceptors (Lipinski definition) is 4. The zero-order valence-corrected chi connectivity index (χ0v) is 15.7. The van der Waals surface area contributed by atoms with Crippen LogP contribution in [0.3, 0.4) is 0 Å². The molecule has 0 aliphatic heterocycles. The number of carbonyl (C=O) groups is 1. The second-order valence-corrected chi connectivity index (χ2v) is 6.29. The van der Waals surface area contributed by atoms with Crippen LogP contribution in [0.4, 0.5) is 10.1 Å². The largest absolute Gasteiger partial charge is 0.463 e. The van der Waals surface area contributed by atoms with Gasteiger partial charge in [-0.05, 0) is 42.8 Å². The first-order chi connectivity index (χ1) is 13.5. The van der Waals surface area contributed by atoms with Gasteiger partial charge in [-0.2, -0.15) is 4.68 Å². The molecule has 0 aliphatic rings. The van der Waals surface area contributed by atoms with E-state index in [1.165, 1.54) is 36.4 Å². The summed E-state index contributed by atoms with van der Waals surface area (Å²) in [5, 5.41) is 7.24. The Morgan fingerprint density at radius 3 is 2.57 bits per heavy atom. The number of benzene rings is 2. The third kappa shape index (κ3) is 4.55. The van der Waals surface area contributed by atoms with E-state index in [-0.39, 0.29) is 5.88 Å². The summed E-state index contributed by atoms with van der Waals surface area (Å²) in [6.07, 6.45) is -0.476. The molecule has 3 aromatic rings. The van der Waals surface area contributed by atoms with Crippen LogP contribution in [-0.2, 0) is 4.79 Å². The molecular formula is C20H17ClFN3O3. The third-order valence-electron chi connectivity index (χ3n) is 3.90. The van der Waals surface area contributed by atoms with Gasteiger partial charge in [0.05, 0.1) is 16.4 Å². The topological polar surface area (TPSA) is 73.2 Å². The lowest BCUT2D eigenvalue weighted by molar-refractivity contribution is -0.123. The fraction of sp³-hybridized carbons (Fsp3) is 0.150. The van der Waals surface area contributed by atoms with E-state index in [0.717, 1.165) is 4.68 Å². The number of nitrogens with one attached hydrogen (secondary N) is 1. The molecule has 1 heterocycles. The molecule has 0 aliphatic carbocycles. The summed E-state index contributed by atoms with van der Waals surface area (Å²) in [7, 11) is 0. The maximum atomic E-state index is 13.1. The fourth-order valence-electron chi connectivity index (χ4n) is 2.47. The zero-order chi connectivity index (χ0) is 20.1. The van der Waals surface area contributed by atoms with Crippen LogP contribution in [0.15, 0.2) is 65.5 Å². The molecule has 2 aromatic carbocycles. The van der Waals surface area contributed by atoms with Crippen molar-refractivity contribution in [3.05, 3.63) is 81.9 Å². The van der Waals surface area contributed by atoms with Crippen LogP contribution in [0.25, 0.3) is 5.69 Å². The highest BCUT2D eigenvalue weighted by atomic mass is 35.5. The van der Waals surface area contributed by atoms with E-state index in [1.807, 2.05) is 0 Å². The normalized spacial score (nSPS) is 11.7. The number of halogens is 2. The van der Waals surface area contributed by atoms with E-state index in [2.05, 4.69) is 10.4 Å². The predicted molar refractivity (Wildman–Crippen MR) is 105 cm³/mol. The number of amides is 1. The molecule has 0 saturated heterocycles. The average Bonchev–Trinajstić information content (AvgIpc) is 2.69. The van der Waals surface area contributed by atoms with E-state index < -0.39 is 23.4 Å². The van der Waals surface area contributed by atoms with Gasteiger partial charge in [0.1, 0.15) is 5.82 Å². The smallest absolute Gasteiger partial charge is 0.271 e. The summed E-state index contributed by atoms with van der Waals surface area (Å²) in [6, 6.07) is 14.8. The lowest BCUT2D eigenvalue weighted by Gasteiger charge is -2.17. The second kappa shape index (κ2) is 8.67. The Labute approximate surface area is 165 Å². The SMILES string of the molecule is CC[C@@H](Oc1ccc(=O)n(-c2ccc(F)cc2)n1)C(=O)Nc1ccccc1Cl. The van der Waals surface area contributed by atoms with Crippen molar-refractivity contribution in [1.82, 2.24) is 9.78 Å². The fourth-order valence-corrected chi connectivity index (χ4v) is 2.65. The first kappa shape index (κ1) is 19.6. The molecule has 1 aromatic heterocycles. The molecule has 0 bridgehead atoms. The molecule has 1 atom stereocenters. The lowest BCUT2D eigenvalue weighted by atomic mass is 10.2. The Morgan fingerprint density at radius 2 is 1.89 bits per heavy atom. The number of carbonyl (C=O) groups excluding carboxylic acids is 1. The molecular weight excluding hydrogens is 385 g/mol. The molecule has 0 fully saturated rings. The average molecular weight is 402 g/mol. The van der Waals surface area contributed by atoms with E-state index in [1.54, 1.807) is 31.2 Å². The molecule has 1 amide bonds. The van der Waals surface area contributed by atoms with Gasteiger partial charge in [0, 0.05) is 12.1 Å². The highest BCUT2D eigenvalue weighted by molar-refractivity contribution is 6.33. The van der Waals surface area contributed by atoms with Gasteiger partial charge in [-0.1, -0.05) is 30.7 Å². The minimum absolute atomic E-state index is 0.0880. The Morgan fingerprint density at radius 1 is 1.18 bits per heavy atom. The van der Waals surface area contributed by atoms with Crippen molar-refractivity contribution in [2.45, 2.75) is 19.4 Å². The van der Waals surface area contributed by atoms with E-state index in [0.29, 0.717) is 22.8 Å². The first-order valence-corrected chi connectivity index (χ1v) is 8.94. The van der Waals surface area contributed by atoms with Crippen LogP contribution >= 0.6 is 11.6 Å². The number of hydrogen-bond donors (Lipinski definition) is 1. The Hall–Kier alpha value is -3.19. The van der Waals surface area contributed by atoms with Gasteiger partial charge in [-0.15, -0.1) is 5.10 Å². The summed E-state index contributed by atoms with van der Waals surface area (Å²) in [5.41, 5.74) is 0.443. The van der Waals surface area contributed by atoms with Crippen LogP contribution in [0.5, 0.6) is 5.88 Å². The molecule has 1 N–H and O–H groups in total. The van der Waals surface area contributed by atoms with Crippen molar-refractivity contribution in [2.24, 2.45) is 0 Å². The van der Waals surface area contributed by atoms with Gasteiger partial charge >= 0.3 is 0 Å². The van der Waals surface area contributed by atoms with Gasteiger partial charge in [0.2, 0.25) is 5.88 Å². The van der Waals surface area contributed by atoms with E-state index >= 15 is 0 Å². The molecule has 0 radical (unpaired) electrons. The molecule has 6 nitrogen and oxygen atoms in total. The Kier molecular flexibility index (Phi) is 6.06. The summed E-state index contributed by atoms with van der Waals surface area (Å²) >= 11 is 6.06. The quantitative estimate of drug-likeness (QED) is 0.681.